The lowest BCUT2D eigenvalue weighted by molar-refractivity contribution is -0.274. The number of hydrogen-bond donors (Lipinski definition) is 0. The van der Waals surface area contributed by atoms with Crippen LogP contribution in [0.1, 0.15) is 16.8 Å². The van der Waals surface area contributed by atoms with E-state index in [1.54, 1.807) is 19.2 Å². The van der Waals surface area contributed by atoms with Gasteiger partial charge in [0.25, 0.3) is 0 Å². The number of rotatable bonds is 6. The van der Waals surface area contributed by atoms with E-state index < -0.39 is 6.36 Å². The molecule has 0 saturated heterocycles. The van der Waals surface area contributed by atoms with E-state index >= 15 is 0 Å². The lowest BCUT2D eigenvalue weighted by atomic mass is 10.1. The molecule has 0 atom stereocenters. The molecule has 0 fully saturated rings. The van der Waals surface area contributed by atoms with Gasteiger partial charge in [-0.25, -0.2) is 0 Å². The van der Waals surface area contributed by atoms with E-state index in [2.05, 4.69) is 15.9 Å². The van der Waals surface area contributed by atoms with Gasteiger partial charge in [0.2, 0.25) is 0 Å². The zero-order valence-electron chi connectivity index (χ0n) is 15.1. The highest BCUT2D eigenvalue weighted by atomic mass is 19.4. The molecule has 3 rings (SSSR count). The molecular weight excluding hydrogens is 355 g/mol. The third kappa shape index (κ3) is 4.10. The molecule has 1 heterocycles. The van der Waals surface area contributed by atoms with E-state index in [-0.39, 0.29) is 5.75 Å². The summed E-state index contributed by atoms with van der Waals surface area (Å²) in [6.07, 6.45) is -2.18. The number of hydrogen-bond acceptors (Lipinski definition) is 2. The molecule has 0 aliphatic rings. The second kappa shape index (κ2) is 7.39. The molecule has 0 spiro atoms. The van der Waals surface area contributed by atoms with E-state index in [0.29, 0.717) is 13.0 Å². The molecule has 3 aromatic rings. The van der Waals surface area contributed by atoms with Crippen molar-refractivity contribution in [2.24, 2.45) is 0 Å². The predicted octanol–water partition coefficient (Wildman–Crippen LogP) is 5.63. The van der Waals surface area contributed by atoms with Gasteiger partial charge in [0, 0.05) is 23.1 Å². The Morgan fingerprint density at radius 2 is 1.89 bits per heavy atom. The van der Waals surface area contributed by atoms with Crippen LogP contribution in [-0.2, 0) is 13.0 Å². The smallest absolute Gasteiger partial charge is 0.497 e. The SMILES string of the molecule is C=CCc1c(C)n(Cc2cccc(OC(F)(F)F)c2)c2ccc(OC)cc12. The molecule has 0 bridgehead atoms. The highest BCUT2D eigenvalue weighted by Gasteiger charge is 2.31. The van der Waals surface area contributed by atoms with E-state index in [1.807, 2.05) is 31.2 Å². The van der Waals surface area contributed by atoms with Gasteiger partial charge in [-0.15, -0.1) is 19.8 Å². The van der Waals surface area contributed by atoms with Gasteiger partial charge in [-0.3, -0.25) is 0 Å². The van der Waals surface area contributed by atoms with Crippen LogP contribution in [0.5, 0.6) is 11.5 Å². The summed E-state index contributed by atoms with van der Waals surface area (Å²) in [5.41, 5.74) is 3.88. The molecule has 0 N–H and O–H groups in total. The van der Waals surface area contributed by atoms with Crippen LogP contribution in [0.15, 0.2) is 55.1 Å². The Labute approximate surface area is 155 Å². The van der Waals surface area contributed by atoms with Crippen LogP contribution in [0.3, 0.4) is 0 Å². The van der Waals surface area contributed by atoms with Crippen molar-refractivity contribution in [1.29, 1.82) is 0 Å². The van der Waals surface area contributed by atoms with E-state index in [9.17, 15) is 13.2 Å². The first kappa shape index (κ1) is 18.9. The molecule has 27 heavy (non-hydrogen) atoms. The average Bonchev–Trinajstić information content (AvgIpc) is 2.86. The Kier molecular flexibility index (Phi) is 5.17. The van der Waals surface area contributed by atoms with Crippen molar-refractivity contribution >= 4 is 10.9 Å². The van der Waals surface area contributed by atoms with Crippen LogP contribution >= 0.6 is 0 Å². The number of nitrogens with zero attached hydrogens (tertiary/aromatic N) is 1. The summed E-state index contributed by atoms with van der Waals surface area (Å²) in [7, 11) is 1.62. The minimum absolute atomic E-state index is 0.220. The van der Waals surface area contributed by atoms with Crippen molar-refractivity contribution in [2.45, 2.75) is 26.3 Å². The topological polar surface area (TPSA) is 23.4 Å². The highest BCUT2D eigenvalue weighted by molar-refractivity contribution is 5.87. The van der Waals surface area contributed by atoms with Crippen molar-refractivity contribution in [3.63, 3.8) is 0 Å². The fourth-order valence-electron chi connectivity index (χ4n) is 3.29. The van der Waals surface area contributed by atoms with Crippen LogP contribution in [0, 0.1) is 6.92 Å². The quantitative estimate of drug-likeness (QED) is 0.521. The maximum atomic E-state index is 12.5. The van der Waals surface area contributed by atoms with Crippen LogP contribution in [0.2, 0.25) is 0 Å². The van der Waals surface area contributed by atoms with Gasteiger partial charge in [0.15, 0.2) is 0 Å². The molecule has 0 amide bonds. The summed E-state index contributed by atoms with van der Waals surface area (Å²) in [6, 6.07) is 11.9. The minimum atomic E-state index is -4.71. The predicted molar refractivity (Wildman–Crippen MR) is 99.4 cm³/mol. The first-order chi connectivity index (χ1) is 12.8. The highest BCUT2D eigenvalue weighted by Crippen LogP contribution is 2.31. The molecule has 1 aromatic heterocycles. The zero-order valence-corrected chi connectivity index (χ0v) is 15.1. The number of allylic oxidation sites excluding steroid dienone is 1. The number of aromatic nitrogens is 1. The van der Waals surface area contributed by atoms with E-state index in [0.717, 1.165) is 33.5 Å². The summed E-state index contributed by atoms with van der Waals surface area (Å²) >= 11 is 0. The Hall–Kier alpha value is -2.89. The lowest BCUT2D eigenvalue weighted by Gasteiger charge is -2.12. The van der Waals surface area contributed by atoms with E-state index in [4.69, 9.17) is 4.74 Å². The van der Waals surface area contributed by atoms with Gasteiger partial charge in [0.05, 0.1) is 7.11 Å². The zero-order chi connectivity index (χ0) is 19.6. The summed E-state index contributed by atoms with van der Waals surface area (Å²) in [5.74, 6) is 0.535. The summed E-state index contributed by atoms with van der Waals surface area (Å²) < 4.78 is 48.9. The lowest BCUT2D eigenvalue weighted by Crippen LogP contribution is -2.17. The van der Waals surface area contributed by atoms with Gasteiger partial charge in [-0.05, 0) is 54.8 Å². The number of fused-ring (bicyclic) bond motifs is 1. The minimum Gasteiger partial charge on any atom is -0.497 e. The number of halogens is 3. The monoisotopic (exact) mass is 375 g/mol. The van der Waals surface area contributed by atoms with Crippen molar-refractivity contribution in [2.75, 3.05) is 7.11 Å². The summed E-state index contributed by atoms with van der Waals surface area (Å²) in [4.78, 5) is 0. The van der Waals surface area contributed by atoms with Gasteiger partial charge >= 0.3 is 6.36 Å². The Morgan fingerprint density at radius 1 is 1.11 bits per heavy atom. The molecule has 142 valence electrons. The second-order valence-corrected chi connectivity index (χ2v) is 6.22. The maximum Gasteiger partial charge on any atom is 0.573 e. The van der Waals surface area contributed by atoms with Gasteiger partial charge in [-0.1, -0.05) is 18.2 Å². The van der Waals surface area contributed by atoms with Crippen LogP contribution in [0.4, 0.5) is 13.2 Å². The third-order valence-corrected chi connectivity index (χ3v) is 4.48. The third-order valence-electron chi connectivity index (χ3n) is 4.48. The van der Waals surface area contributed by atoms with Crippen LogP contribution in [0.25, 0.3) is 10.9 Å². The van der Waals surface area contributed by atoms with Gasteiger partial charge < -0.3 is 14.0 Å². The molecule has 3 nitrogen and oxygen atoms in total. The van der Waals surface area contributed by atoms with Crippen molar-refractivity contribution in [3.8, 4) is 11.5 Å². The fraction of sp³-hybridized carbons (Fsp3) is 0.238. The van der Waals surface area contributed by atoms with Crippen molar-refractivity contribution < 1.29 is 22.6 Å². The fourth-order valence-corrected chi connectivity index (χ4v) is 3.29. The first-order valence-electron chi connectivity index (χ1n) is 8.43. The normalized spacial score (nSPS) is 11.6. The first-order valence-corrected chi connectivity index (χ1v) is 8.43. The Morgan fingerprint density at radius 3 is 2.56 bits per heavy atom. The van der Waals surface area contributed by atoms with Crippen molar-refractivity contribution in [1.82, 2.24) is 4.57 Å². The number of methoxy groups -OCH3 is 1. The standard InChI is InChI=1S/C21H20F3NO2/c1-4-6-18-14(2)25(20-10-9-16(26-3)12-19(18)20)13-15-7-5-8-17(11-15)27-21(22,23)24/h4-5,7-12H,1,6,13H2,2-3H3. The molecule has 0 unspecified atom stereocenters. The van der Waals surface area contributed by atoms with E-state index in [1.165, 1.54) is 12.1 Å². The largest absolute Gasteiger partial charge is 0.573 e. The molecule has 6 heteroatoms. The van der Waals surface area contributed by atoms with Crippen molar-refractivity contribution in [3.05, 3.63) is 71.9 Å². The summed E-state index contributed by atoms with van der Waals surface area (Å²) in [6.45, 7) is 6.25. The molecule has 2 aromatic carbocycles. The van der Waals surface area contributed by atoms with Gasteiger partial charge in [0.1, 0.15) is 11.5 Å². The van der Waals surface area contributed by atoms with Crippen LogP contribution in [-0.4, -0.2) is 18.0 Å². The molecule has 0 aliphatic heterocycles. The average molecular weight is 375 g/mol. The Bertz CT molecular complexity index is 973. The second-order valence-electron chi connectivity index (χ2n) is 6.22. The maximum absolute atomic E-state index is 12.5. The number of ether oxygens (including phenoxy) is 2. The Balaban J connectivity index is 2.03. The molecule has 0 aliphatic carbocycles. The number of benzene rings is 2. The van der Waals surface area contributed by atoms with Gasteiger partial charge in [-0.2, -0.15) is 0 Å². The number of alkyl halides is 3. The molecular formula is C21H20F3NO2. The summed E-state index contributed by atoms with van der Waals surface area (Å²) in [5, 5.41) is 1.05. The van der Waals surface area contributed by atoms with Crippen LogP contribution < -0.4 is 9.47 Å². The molecule has 0 radical (unpaired) electrons. The molecule has 0 saturated carbocycles.